The van der Waals surface area contributed by atoms with Crippen molar-refractivity contribution in [3.63, 3.8) is 0 Å². The molecule has 3 aliphatic heterocycles. The molecule has 0 saturated carbocycles. The third kappa shape index (κ3) is 4.54. The molecule has 3 saturated heterocycles. The normalized spacial score (nSPS) is 29.8. The van der Waals surface area contributed by atoms with Crippen LogP contribution in [-0.2, 0) is 19.1 Å². The lowest BCUT2D eigenvalue weighted by Gasteiger charge is -2.38. The largest absolute Gasteiger partial charge is 0.394 e. The minimum Gasteiger partial charge on any atom is -0.394 e. The molecule has 3 aromatic rings. The average Bonchev–Trinajstić information content (AvgIpc) is 3.57. The lowest BCUT2D eigenvalue weighted by molar-refractivity contribution is -0.144. The Morgan fingerprint density at radius 3 is 2.41 bits per heavy atom. The molecule has 3 amide bonds. The molecule has 9 heteroatoms. The van der Waals surface area contributed by atoms with E-state index in [1.807, 2.05) is 74.5 Å². The molecule has 1 spiro atoms. The van der Waals surface area contributed by atoms with E-state index in [4.69, 9.17) is 4.74 Å². The van der Waals surface area contributed by atoms with Crippen LogP contribution in [0.4, 0.5) is 11.4 Å². The highest BCUT2D eigenvalue weighted by Gasteiger charge is 2.77. The van der Waals surface area contributed by atoms with E-state index < -0.39 is 35.6 Å². The standard InChI is InChI=1S/C32H34BrN3O5/c1-3-18(2)24(17-37)36-28(30(39)35-22-14-13-19-9-7-8-10-20(19)15-22)32-16-23(33)27(41-32)25(26(32)31(36)40)29(38)34-21-11-5-4-6-12-21/h4-15,18,23-28,37H,3,16-17H2,1-2H3,(H,34,38)(H,35,39)/t18-,23?,24-,25+,26-,27+,28?,32?/m0/s1. The third-order valence-corrected chi connectivity index (χ3v) is 10.0. The second-order valence-corrected chi connectivity index (χ2v) is 12.6. The number of nitrogens with one attached hydrogen (secondary N) is 2. The van der Waals surface area contributed by atoms with Crippen LogP contribution < -0.4 is 10.6 Å². The van der Waals surface area contributed by atoms with Gasteiger partial charge in [-0.15, -0.1) is 0 Å². The fourth-order valence-corrected chi connectivity index (χ4v) is 8.01. The minimum atomic E-state index is -1.21. The summed E-state index contributed by atoms with van der Waals surface area (Å²) in [6.45, 7) is 3.65. The van der Waals surface area contributed by atoms with Crippen LogP contribution in [0.2, 0.25) is 0 Å². The van der Waals surface area contributed by atoms with Gasteiger partial charge in [-0.3, -0.25) is 14.4 Å². The van der Waals surface area contributed by atoms with Gasteiger partial charge in [-0.05, 0) is 47.4 Å². The number of nitrogens with zero attached hydrogens (tertiary/aromatic N) is 1. The molecular weight excluding hydrogens is 586 g/mol. The Morgan fingerprint density at radius 2 is 1.71 bits per heavy atom. The Labute approximate surface area is 247 Å². The number of para-hydroxylation sites is 1. The van der Waals surface area contributed by atoms with Crippen molar-refractivity contribution in [1.82, 2.24) is 4.90 Å². The maximum absolute atomic E-state index is 14.4. The van der Waals surface area contributed by atoms with Gasteiger partial charge in [-0.1, -0.05) is 84.7 Å². The van der Waals surface area contributed by atoms with E-state index in [2.05, 4.69) is 26.6 Å². The topological polar surface area (TPSA) is 108 Å². The fourth-order valence-electron chi connectivity index (χ4n) is 7.06. The zero-order valence-electron chi connectivity index (χ0n) is 23.0. The smallest absolute Gasteiger partial charge is 0.250 e. The number of amides is 3. The van der Waals surface area contributed by atoms with Crippen molar-refractivity contribution in [2.45, 2.75) is 55.3 Å². The van der Waals surface area contributed by atoms with Crippen molar-refractivity contribution < 1.29 is 24.2 Å². The Morgan fingerprint density at radius 1 is 1.02 bits per heavy atom. The van der Waals surface area contributed by atoms with Crippen LogP contribution in [0.3, 0.4) is 0 Å². The first-order valence-electron chi connectivity index (χ1n) is 14.2. The van der Waals surface area contributed by atoms with Gasteiger partial charge in [-0.2, -0.15) is 0 Å². The van der Waals surface area contributed by atoms with Crippen LogP contribution in [-0.4, -0.2) is 63.0 Å². The highest BCUT2D eigenvalue weighted by Crippen LogP contribution is 2.60. The van der Waals surface area contributed by atoms with E-state index in [0.29, 0.717) is 24.2 Å². The zero-order chi connectivity index (χ0) is 28.9. The summed E-state index contributed by atoms with van der Waals surface area (Å²) in [5.74, 6) is -2.75. The van der Waals surface area contributed by atoms with E-state index in [0.717, 1.165) is 10.8 Å². The summed E-state index contributed by atoms with van der Waals surface area (Å²) < 4.78 is 6.61. The first-order valence-corrected chi connectivity index (χ1v) is 15.1. The molecule has 3 heterocycles. The van der Waals surface area contributed by atoms with Gasteiger partial charge in [0.25, 0.3) is 0 Å². The molecule has 0 aliphatic carbocycles. The molecule has 3 unspecified atom stereocenters. The van der Waals surface area contributed by atoms with Crippen molar-refractivity contribution >= 4 is 55.8 Å². The molecule has 3 N–H and O–H groups in total. The second kappa shape index (κ2) is 10.9. The molecule has 0 radical (unpaired) electrons. The molecule has 3 fully saturated rings. The van der Waals surface area contributed by atoms with Crippen LogP contribution >= 0.6 is 15.9 Å². The number of ether oxygens (including phenoxy) is 1. The number of carbonyl (C=O) groups is 3. The van der Waals surface area contributed by atoms with Gasteiger partial charge in [0.15, 0.2) is 0 Å². The Kier molecular flexibility index (Phi) is 7.38. The number of hydrogen-bond donors (Lipinski definition) is 3. The molecule has 6 rings (SSSR count). The summed E-state index contributed by atoms with van der Waals surface area (Å²) in [5.41, 5.74) is 0.0173. The quantitative estimate of drug-likeness (QED) is 0.320. The van der Waals surface area contributed by atoms with E-state index in [1.165, 1.54) is 4.90 Å². The van der Waals surface area contributed by atoms with Crippen LogP contribution in [0.1, 0.15) is 26.7 Å². The molecule has 214 valence electrons. The number of likely N-dealkylation sites (tertiary alicyclic amines) is 1. The van der Waals surface area contributed by atoms with Crippen molar-refractivity contribution in [1.29, 1.82) is 0 Å². The van der Waals surface area contributed by atoms with Gasteiger partial charge in [0, 0.05) is 16.2 Å². The van der Waals surface area contributed by atoms with Crippen LogP contribution in [0.25, 0.3) is 10.8 Å². The molecule has 2 bridgehead atoms. The SMILES string of the molecule is CC[C@H](C)[C@H](CO)N1C(=O)[C@@H]2[C@@H](C(=O)Nc3ccccc3)[C@@H]3OC2(CC3Br)C1C(=O)Nc1ccc2ccccc2c1. The number of aliphatic hydroxyl groups is 1. The molecule has 8 nitrogen and oxygen atoms in total. The molecular formula is C32H34BrN3O5. The molecule has 3 aliphatic rings. The lowest BCUT2D eigenvalue weighted by atomic mass is 9.70. The van der Waals surface area contributed by atoms with Crippen molar-refractivity contribution in [2.24, 2.45) is 17.8 Å². The van der Waals surface area contributed by atoms with Gasteiger partial charge in [0.2, 0.25) is 17.7 Å². The van der Waals surface area contributed by atoms with Crippen LogP contribution in [0.15, 0.2) is 72.8 Å². The Hall–Kier alpha value is -3.27. The maximum atomic E-state index is 14.4. The maximum Gasteiger partial charge on any atom is 0.250 e. The van der Waals surface area contributed by atoms with E-state index in [-0.39, 0.29) is 35.1 Å². The monoisotopic (exact) mass is 619 g/mol. The fraction of sp³-hybridized carbons (Fsp3) is 0.406. The van der Waals surface area contributed by atoms with E-state index in [9.17, 15) is 19.5 Å². The second-order valence-electron chi connectivity index (χ2n) is 11.5. The third-order valence-electron chi connectivity index (χ3n) is 9.18. The predicted octanol–water partition coefficient (Wildman–Crippen LogP) is 4.57. The number of carbonyl (C=O) groups excluding carboxylic acids is 3. The number of hydrogen-bond acceptors (Lipinski definition) is 5. The number of rotatable bonds is 8. The van der Waals surface area contributed by atoms with Gasteiger partial charge >= 0.3 is 0 Å². The number of fused-ring (bicyclic) bond motifs is 2. The van der Waals surface area contributed by atoms with E-state index in [1.54, 1.807) is 12.1 Å². The number of anilines is 2. The van der Waals surface area contributed by atoms with Gasteiger partial charge < -0.3 is 25.4 Å². The van der Waals surface area contributed by atoms with Crippen molar-refractivity contribution in [3.8, 4) is 0 Å². The zero-order valence-corrected chi connectivity index (χ0v) is 24.6. The average molecular weight is 621 g/mol. The minimum absolute atomic E-state index is 0.0799. The van der Waals surface area contributed by atoms with Gasteiger partial charge in [-0.25, -0.2) is 0 Å². The number of alkyl halides is 1. The first-order chi connectivity index (χ1) is 19.8. The number of halogens is 1. The summed E-state index contributed by atoms with van der Waals surface area (Å²) in [5, 5.41) is 18.5. The Balaban J connectivity index is 1.39. The molecule has 0 aromatic heterocycles. The summed E-state index contributed by atoms with van der Waals surface area (Å²) >= 11 is 3.71. The first kappa shape index (κ1) is 27.9. The predicted molar refractivity (Wildman–Crippen MR) is 161 cm³/mol. The number of benzene rings is 3. The summed E-state index contributed by atoms with van der Waals surface area (Å²) in [4.78, 5) is 43.7. The van der Waals surface area contributed by atoms with Crippen LogP contribution in [0, 0.1) is 17.8 Å². The summed E-state index contributed by atoms with van der Waals surface area (Å²) in [6.07, 6.45) is 0.532. The van der Waals surface area contributed by atoms with E-state index >= 15 is 0 Å². The Bertz CT molecular complexity index is 1480. The highest BCUT2D eigenvalue weighted by atomic mass is 79.9. The molecule has 3 aromatic carbocycles. The number of aliphatic hydroxyl groups excluding tert-OH is 1. The molecule has 41 heavy (non-hydrogen) atoms. The summed E-state index contributed by atoms with van der Waals surface area (Å²) in [6, 6.07) is 21.0. The van der Waals surface area contributed by atoms with Gasteiger partial charge in [0.1, 0.15) is 11.6 Å². The lowest BCUT2D eigenvalue weighted by Crippen LogP contribution is -2.57. The van der Waals surface area contributed by atoms with Crippen molar-refractivity contribution in [2.75, 3.05) is 17.2 Å². The molecule has 8 atom stereocenters. The summed E-state index contributed by atoms with van der Waals surface area (Å²) in [7, 11) is 0. The van der Waals surface area contributed by atoms with Crippen LogP contribution in [0.5, 0.6) is 0 Å². The van der Waals surface area contributed by atoms with Gasteiger partial charge in [0.05, 0.1) is 30.6 Å². The van der Waals surface area contributed by atoms with Crippen molar-refractivity contribution in [3.05, 3.63) is 72.8 Å². The highest BCUT2D eigenvalue weighted by molar-refractivity contribution is 9.09.